The van der Waals surface area contributed by atoms with Gasteiger partial charge in [-0.1, -0.05) is 30.3 Å². The average molecular weight is 553 g/mol. The molecule has 0 saturated heterocycles. The summed E-state index contributed by atoms with van der Waals surface area (Å²) in [7, 11) is 0. The normalized spacial score (nSPS) is 12.4. The lowest BCUT2D eigenvalue weighted by atomic mass is 10.1. The fourth-order valence-electron chi connectivity index (χ4n) is 4.04. The highest BCUT2D eigenvalue weighted by Crippen LogP contribution is 2.34. The molecule has 0 aliphatic rings. The molecule has 0 saturated carbocycles. The molecule has 0 fully saturated rings. The highest BCUT2D eigenvalue weighted by molar-refractivity contribution is 7.15. The third-order valence-electron chi connectivity index (χ3n) is 6.19. The number of alkyl halides is 3. The van der Waals surface area contributed by atoms with E-state index >= 15 is 0 Å². The maximum Gasteiger partial charge on any atom is 0.416 e. The van der Waals surface area contributed by atoms with Crippen molar-refractivity contribution >= 4 is 28.2 Å². The Morgan fingerprint density at radius 2 is 1.69 bits per heavy atom. The Kier molecular flexibility index (Phi) is 7.30. The minimum atomic E-state index is -4.41. The van der Waals surface area contributed by atoms with Crippen LogP contribution >= 0.6 is 11.3 Å². The number of carboxylic acids is 1. The quantitative estimate of drug-likeness (QED) is 0.204. The molecule has 2 heterocycles. The predicted molar refractivity (Wildman–Crippen MR) is 142 cm³/mol. The van der Waals surface area contributed by atoms with E-state index in [1.807, 2.05) is 48.5 Å². The molecule has 200 valence electrons. The summed E-state index contributed by atoms with van der Waals surface area (Å²) >= 11 is 1.33. The summed E-state index contributed by atoms with van der Waals surface area (Å²) in [4.78, 5) is 16.8. The number of benzene rings is 3. The predicted octanol–water partition coefficient (Wildman–Crippen LogP) is 7.59. The van der Waals surface area contributed by atoms with Crippen molar-refractivity contribution in [1.29, 1.82) is 0 Å². The van der Waals surface area contributed by atoms with Gasteiger partial charge in [0, 0.05) is 22.7 Å². The van der Waals surface area contributed by atoms with Gasteiger partial charge in [0.1, 0.15) is 35.8 Å². The Bertz CT molecular complexity index is 1590. The first-order chi connectivity index (χ1) is 18.7. The number of aliphatic carboxylic acids is 1. The summed E-state index contributed by atoms with van der Waals surface area (Å²) in [5.74, 6) is 0.328. The second-order valence-corrected chi connectivity index (χ2v) is 9.90. The lowest BCUT2D eigenvalue weighted by molar-refractivity contribution is -0.140. The Hall–Kier alpha value is -4.31. The zero-order valence-electron chi connectivity index (χ0n) is 20.7. The van der Waals surface area contributed by atoms with Crippen LogP contribution in [0.15, 0.2) is 85.1 Å². The number of aromatic nitrogens is 2. The molecule has 2 aromatic heterocycles. The standard InChI is InChI=1S/C29H23F3N2O4S/c1-18(28(35)36)34-14-13-20-15-23(11-12-25(20)34)38-17-26-24(16-37-22-5-3-2-4-6-22)33-27(39-26)19-7-9-21(10-8-19)29(30,31)32/h2-15,18H,16-17H2,1H3,(H,35,36). The van der Waals surface area contributed by atoms with Crippen LogP contribution < -0.4 is 9.47 Å². The second kappa shape index (κ2) is 10.8. The summed E-state index contributed by atoms with van der Waals surface area (Å²) in [6.45, 7) is 1.95. The lowest BCUT2D eigenvalue weighted by Crippen LogP contribution is -2.14. The lowest BCUT2D eigenvalue weighted by Gasteiger charge is -2.11. The van der Waals surface area contributed by atoms with E-state index in [0.29, 0.717) is 27.8 Å². The van der Waals surface area contributed by atoms with E-state index in [9.17, 15) is 23.1 Å². The highest BCUT2D eigenvalue weighted by atomic mass is 32.1. The van der Waals surface area contributed by atoms with Crippen LogP contribution in [-0.4, -0.2) is 20.6 Å². The van der Waals surface area contributed by atoms with Crippen LogP contribution in [0.2, 0.25) is 0 Å². The van der Waals surface area contributed by atoms with Crippen LogP contribution in [-0.2, 0) is 24.2 Å². The van der Waals surface area contributed by atoms with E-state index in [4.69, 9.17) is 9.47 Å². The molecule has 0 aliphatic heterocycles. The number of para-hydroxylation sites is 1. The number of hydrogen-bond donors (Lipinski definition) is 1. The molecule has 0 radical (unpaired) electrons. The van der Waals surface area contributed by atoms with Crippen molar-refractivity contribution in [1.82, 2.24) is 9.55 Å². The summed E-state index contributed by atoms with van der Waals surface area (Å²) in [6, 6.07) is 20.7. The van der Waals surface area contributed by atoms with Crippen molar-refractivity contribution in [3.63, 3.8) is 0 Å². The molecular weight excluding hydrogens is 529 g/mol. The topological polar surface area (TPSA) is 73.6 Å². The van der Waals surface area contributed by atoms with Gasteiger partial charge in [-0.25, -0.2) is 9.78 Å². The van der Waals surface area contributed by atoms with Crippen LogP contribution in [0, 0.1) is 0 Å². The highest BCUT2D eigenvalue weighted by Gasteiger charge is 2.30. The van der Waals surface area contributed by atoms with Crippen molar-refractivity contribution in [2.24, 2.45) is 0 Å². The first-order valence-electron chi connectivity index (χ1n) is 12.0. The molecule has 1 unspecified atom stereocenters. The van der Waals surface area contributed by atoms with E-state index in [2.05, 4.69) is 4.98 Å². The van der Waals surface area contributed by atoms with Gasteiger partial charge in [0.05, 0.1) is 16.1 Å². The first-order valence-corrected chi connectivity index (χ1v) is 12.8. The molecule has 0 bridgehead atoms. The smallest absolute Gasteiger partial charge is 0.416 e. The van der Waals surface area contributed by atoms with E-state index < -0.39 is 23.8 Å². The Morgan fingerprint density at radius 3 is 2.38 bits per heavy atom. The number of rotatable bonds is 9. The van der Waals surface area contributed by atoms with Crippen LogP contribution in [0.1, 0.15) is 29.1 Å². The van der Waals surface area contributed by atoms with Gasteiger partial charge < -0.3 is 19.1 Å². The van der Waals surface area contributed by atoms with Crippen molar-refractivity contribution in [3.8, 4) is 22.1 Å². The maximum atomic E-state index is 13.0. The van der Waals surface area contributed by atoms with Gasteiger partial charge in [0.2, 0.25) is 0 Å². The van der Waals surface area contributed by atoms with Gasteiger partial charge in [0.25, 0.3) is 0 Å². The Labute approximate surface area is 225 Å². The molecule has 0 amide bonds. The average Bonchev–Trinajstić information content (AvgIpc) is 3.54. The molecule has 39 heavy (non-hydrogen) atoms. The minimum absolute atomic E-state index is 0.162. The third-order valence-corrected chi connectivity index (χ3v) is 7.31. The van der Waals surface area contributed by atoms with E-state index in [0.717, 1.165) is 27.9 Å². The number of carbonyl (C=O) groups is 1. The van der Waals surface area contributed by atoms with Gasteiger partial charge in [-0.05, 0) is 55.5 Å². The maximum absolute atomic E-state index is 13.0. The fourth-order valence-corrected chi connectivity index (χ4v) is 5.02. The number of thiazole rings is 1. The monoisotopic (exact) mass is 552 g/mol. The Morgan fingerprint density at radius 1 is 0.974 bits per heavy atom. The number of carboxylic acid groups (broad SMARTS) is 1. The molecule has 6 nitrogen and oxygen atoms in total. The first kappa shape index (κ1) is 26.3. The molecule has 3 aromatic carbocycles. The summed E-state index contributed by atoms with van der Waals surface area (Å²) in [5, 5.41) is 10.7. The van der Waals surface area contributed by atoms with Gasteiger partial charge in [-0.15, -0.1) is 11.3 Å². The minimum Gasteiger partial charge on any atom is -0.488 e. The van der Waals surface area contributed by atoms with Gasteiger partial charge >= 0.3 is 12.1 Å². The summed E-state index contributed by atoms with van der Waals surface area (Å²) in [6.07, 6.45) is -2.69. The molecule has 0 aliphatic carbocycles. The van der Waals surface area contributed by atoms with Crippen molar-refractivity contribution in [3.05, 3.63) is 101 Å². The molecule has 1 N–H and O–H groups in total. The van der Waals surface area contributed by atoms with Crippen LogP contribution in [0.4, 0.5) is 13.2 Å². The SMILES string of the molecule is CC(C(=O)O)n1ccc2cc(OCc3sc(-c4ccc(C(F)(F)F)cc4)nc3COc3ccccc3)ccc21. The van der Waals surface area contributed by atoms with Crippen LogP contribution in [0.5, 0.6) is 11.5 Å². The van der Waals surface area contributed by atoms with Crippen LogP contribution in [0.3, 0.4) is 0 Å². The molecule has 10 heteroatoms. The van der Waals surface area contributed by atoms with Crippen molar-refractivity contribution in [2.45, 2.75) is 32.4 Å². The second-order valence-electron chi connectivity index (χ2n) is 8.81. The summed E-state index contributed by atoms with van der Waals surface area (Å²) in [5.41, 5.74) is 1.24. The molecule has 5 rings (SSSR count). The third kappa shape index (κ3) is 5.91. The zero-order valence-corrected chi connectivity index (χ0v) is 21.5. The zero-order chi connectivity index (χ0) is 27.6. The number of fused-ring (bicyclic) bond motifs is 1. The van der Waals surface area contributed by atoms with E-state index in [1.165, 1.54) is 23.5 Å². The fraction of sp³-hybridized carbons (Fsp3) is 0.172. The number of hydrogen-bond acceptors (Lipinski definition) is 5. The molecule has 1 atom stereocenters. The molecular formula is C29H23F3N2O4S. The van der Waals surface area contributed by atoms with Gasteiger partial charge in [-0.3, -0.25) is 0 Å². The Balaban J connectivity index is 1.38. The van der Waals surface area contributed by atoms with Crippen molar-refractivity contribution < 1.29 is 32.5 Å². The van der Waals surface area contributed by atoms with Gasteiger partial charge in [0.15, 0.2) is 0 Å². The molecule has 5 aromatic rings. The van der Waals surface area contributed by atoms with Gasteiger partial charge in [-0.2, -0.15) is 13.2 Å². The van der Waals surface area contributed by atoms with E-state index in [-0.39, 0.29) is 13.2 Å². The van der Waals surface area contributed by atoms with Crippen molar-refractivity contribution in [2.75, 3.05) is 0 Å². The largest absolute Gasteiger partial charge is 0.488 e. The van der Waals surface area contributed by atoms with E-state index in [1.54, 1.807) is 23.8 Å². The van der Waals surface area contributed by atoms with Crippen LogP contribution in [0.25, 0.3) is 21.5 Å². The number of halogens is 3. The summed E-state index contributed by atoms with van der Waals surface area (Å²) < 4.78 is 52.7. The molecule has 0 spiro atoms. The number of ether oxygens (including phenoxy) is 2. The number of nitrogens with zero attached hydrogens (tertiary/aromatic N) is 2.